The number of benzene rings is 1. The van der Waals surface area contributed by atoms with Gasteiger partial charge in [-0.2, -0.15) is 0 Å². The van der Waals surface area contributed by atoms with Gasteiger partial charge in [-0.3, -0.25) is 9.55 Å². The van der Waals surface area contributed by atoms with E-state index in [1.165, 1.54) is 0 Å². The highest BCUT2D eigenvalue weighted by Crippen LogP contribution is 2.23. The van der Waals surface area contributed by atoms with Crippen LogP contribution < -0.4 is 0 Å². The van der Waals surface area contributed by atoms with Crippen molar-refractivity contribution in [2.45, 2.75) is 13.3 Å². The Morgan fingerprint density at radius 2 is 1.79 bits per heavy atom. The second-order valence-electron chi connectivity index (χ2n) is 5.43. The molecule has 0 radical (unpaired) electrons. The summed E-state index contributed by atoms with van der Waals surface area (Å²) in [4.78, 5) is 15.1. The van der Waals surface area contributed by atoms with Gasteiger partial charge in [-0.15, -0.1) is 10.2 Å². The molecular formula is C18H16N4O2. The summed E-state index contributed by atoms with van der Waals surface area (Å²) in [6.07, 6.45) is 3.47. The molecule has 0 bridgehead atoms. The molecule has 0 amide bonds. The van der Waals surface area contributed by atoms with Gasteiger partial charge in [-0.05, 0) is 31.2 Å². The summed E-state index contributed by atoms with van der Waals surface area (Å²) < 4.78 is 1.85. The second-order valence-corrected chi connectivity index (χ2v) is 5.43. The number of pyridine rings is 1. The Balaban J connectivity index is 2.13. The molecule has 0 saturated heterocycles. The van der Waals surface area contributed by atoms with Crippen LogP contribution in [0.4, 0.5) is 0 Å². The monoisotopic (exact) mass is 320 g/mol. The molecule has 24 heavy (non-hydrogen) atoms. The van der Waals surface area contributed by atoms with Gasteiger partial charge in [-0.25, -0.2) is 4.79 Å². The number of aryl methyl sites for hydroxylation is 1. The number of carbonyl (C=O) groups is 1. The van der Waals surface area contributed by atoms with Crippen LogP contribution in [0.1, 0.15) is 11.4 Å². The highest BCUT2D eigenvalue weighted by molar-refractivity contribution is 5.86. The van der Waals surface area contributed by atoms with Crippen molar-refractivity contribution in [3.05, 3.63) is 72.3 Å². The van der Waals surface area contributed by atoms with Crippen molar-refractivity contribution in [1.82, 2.24) is 19.7 Å². The van der Waals surface area contributed by atoms with E-state index >= 15 is 0 Å². The van der Waals surface area contributed by atoms with E-state index < -0.39 is 5.97 Å². The largest absolute Gasteiger partial charge is 0.478 e. The lowest BCUT2D eigenvalue weighted by Gasteiger charge is -2.11. The van der Waals surface area contributed by atoms with Crippen LogP contribution in [0.15, 0.2) is 60.9 Å². The summed E-state index contributed by atoms with van der Waals surface area (Å²) in [6, 6.07) is 11.6. The summed E-state index contributed by atoms with van der Waals surface area (Å²) in [6.45, 7) is 5.60. The van der Waals surface area contributed by atoms with Crippen LogP contribution >= 0.6 is 0 Å². The normalized spacial score (nSPS) is 10.5. The first-order valence-corrected chi connectivity index (χ1v) is 7.39. The summed E-state index contributed by atoms with van der Waals surface area (Å²) >= 11 is 0. The van der Waals surface area contributed by atoms with E-state index in [2.05, 4.69) is 21.8 Å². The molecule has 0 aliphatic heterocycles. The second kappa shape index (κ2) is 6.45. The molecule has 0 atom stereocenters. The van der Waals surface area contributed by atoms with E-state index in [9.17, 15) is 4.79 Å². The predicted molar refractivity (Wildman–Crippen MR) is 89.8 cm³/mol. The summed E-state index contributed by atoms with van der Waals surface area (Å²) in [5.74, 6) is 0.117. The van der Waals surface area contributed by atoms with E-state index in [4.69, 9.17) is 5.11 Å². The number of aromatic nitrogens is 4. The molecule has 1 aromatic carbocycles. The Morgan fingerprint density at radius 3 is 2.42 bits per heavy atom. The van der Waals surface area contributed by atoms with Gasteiger partial charge >= 0.3 is 5.97 Å². The molecule has 6 heteroatoms. The lowest BCUT2D eigenvalue weighted by Crippen LogP contribution is -2.08. The highest BCUT2D eigenvalue weighted by Gasteiger charge is 2.18. The zero-order valence-corrected chi connectivity index (χ0v) is 13.2. The van der Waals surface area contributed by atoms with Crippen molar-refractivity contribution in [2.24, 2.45) is 0 Å². The number of carboxylic acid groups (broad SMARTS) is 1. The molecule has 0 saturated carbocycles. The van der Waals surface area contributed by atoms with Crippen molar-refractivity contribution in [3.63, 3.8) is 0 Å². The minimum absolute atomic E-state index is 0.0667. The van der Waals surface area contributed by atoms with Gasteiger partial charge < -0.3 is 5.11 Å². The fourth-order valence-corrected chi connectivity index (χ4v) is 2.35. The van der Waals surface area contributed by atoms with E-state index in [1.54, 1.807) is 12.4 Å². The third-order valence-corrected chi connectivity index (χ3v) is 3.63. The van der Waals surface area contributed by atoms with Gasteiger partial charge in [0, 0.05) is 35.6 Å². The fraction of sp³-hybridized carbons (Fsp3) is 0.111. The zero-order chi connectivity index (χ0) is 17.1. The molecule has 3 rings (SSSR count). The van der Waals surface area contributed by atoms with E-state index in [0.717, 1.165) is 16.8 Å². The maximum atomic E-state index is 11.1. The van der Waals surface area contributed by atoms with E-state index in [-0.39, 0.29) is 12.0 Å². The van der Waals surface area contributed by atoms with Gasteiger partial charge in [0.05, 0.1) is 0 Å². The van der Waals surface area contributed by atoms with Gasteiger partial charge in [0.2, 0.25) is 0 Å². The molecule has 0 aliphatic rings. The van der Waals surface area contributed by atoms with Gasteiger partial charge in [0.15, 0.2) is 5.82 Å². The molecule has 0 spiro atoms. The predicted octanol–water partition coefficient (Wildman–Crippen LogP) is 2.82. The number of hydrogen-bond acceptors (Lipinski definition) is 4. The number of nitrogens with zero attached hydrogens (tertiary/aromatic N) is 4. The average molecular weight is 320 g/mol. The lowest BCUT2D eigenvalue weighted by atomic mass is 10.1. The van der Waals surface area contributed by atoms with Crippen LogP contribution in [-0.4, -0.2) is 30.8 Å². The van der Waals surface area contributed by atoms with Crippen LogP contribution in [0.2, 0.25) is 0 Å². The third-order valence-electron chi connectivity index (χ3n) is 3.63. The third kappa shape index (κ3) is 3.08. The molecule has 2 aromatic heterocycles. The van der Waals surface area contributed by atoms with Gasteiger partial charge in [0.1, 0.15) is 5.82 Å². The van der Waals surface area contributed by atoms with Gasteiger partial charge in [0.25, 0.3) is 0 Å². The first kappa shape index (κ1) is 15.6. The van der Waals surface area contributed by atoms with Crippen molar-refractivity contribution in [2.75, 3.05) is 0 Å². The maximum absolute atomic E-state index is 11.1. The fourth-order valence-electron chi connectivity index (χ4n) is 2.35. The van der Waals surface area contributed by atoms with Crippen LogP contribution in [0.3, 0.4) is 0 Å². The number of carboxylic acids is 1. The van der Waals surface area contributed by atoms with Crippen LogP contribution in [0, 0.1) is 6.92 Å². The van der Waals surface area contributed by atoms with Crippen LogP contribution in [-0.2, 0) is 11.2 Å². The van der Waals surface area contributed by atoms with Gasteiger partial charge in [-0.1, -0.05) is 24.3 Å². The smallest absolute Gasteiger partial charge is 0.331 e. The Labute approximate surface area is 139 Å². The molecule has 2 heterocycles. The Kier molecular flexibility index (Phi) is 4.20. The molecule has 0 unspecified atom stereocenters. The Hall–Kier alpha value is -3.28. The minimum atomic E-state index is -1.04. The molecular weight excluding hydrogens is 304 g/mol. The number of rotatable bonds is 5. The molecule has 3 aromatic rings. The van der Waals surface area contributed by atoms with Crippen molar-refractivity contribution in [1.29, 1.82) is 0 Å². The number of aliphatic carboxylic acids is 1. The van der Waals surface area contributed by atoms with Crippen molar-refractivity contribution >= 4 is 5.97 Å². The van der Waals surface area contributed by atoms with E-state index in [1.807, 2.05) is 47.9 Å². The Bertz CT molecular complexity index is 883. The van der Waals surface area contributed by atoms with Crippen LogP contribution in [0.25, 0.3) is 17.1 Å². The Morgan fingerprint density at radius 1 is 1.12 bits per heavy atom. The maximum Gasteiger partial charge on any atom is 0.331 e. The van der Waals surface area contributed by atoms with Crippen LogP contribution in [0.5, 0.6) is 0 Å². The standard InChI is InChI=1S/C18H16N4O2/c1-12-3-5-15(6-4-12)22-16(11-13(2)18(23)24)20-21-17(22)14-7-9-19-10-8-14/h3-10H,2,11H2,1H3,(H,23,24). The SMILES string of the molecule is C=C(Cc1nnc(-c2ccncc2)n1-c1ccc(C)cc1)C(=O)O. The first-order valence-electron chi connectivity index (χ1n) is 7.39. The molecule has 120 valence electrons. The quantitative estimate of drug-likeness (QED) is 0.731. The lowest BCUT2D eigenvalue weighted by molar-refractivity contribution is -0.132. The first-order chi connectivity index (χ1) is 11.6. The summed E-state index contributed by atoms with van der Waals surface area (Å²) in [5, 5.41) is 17.5. The highest BCUT2D eigenvalue weighted by atomic mass is 16.4. The summed E-state index contributed by atoms with van der Waals surface area (Å²) in [5.41, 5.74) is 2.92. The molecule has 0 fully saturated rings. The number of hydrogen-bond donors (Lipinski definition) is 1. The van der Waals surface area contributed by atoms with Crippen molar-refractivity contribution in [3.8, 4) is 17.1 Å². The molecule has 6 nitrogen and oxygen atoms in total. The zero-order valence-electron chi connectivity index (χ0n) is 13.2. The molecule has 0 aliphatic carbocycles. The average Bonchev–Trinajstić information content (AvgIpc) is 3.00. The van der Waals surface area contributed by atoms with Crippen molar-refractivity contribution < 1.29 is 9.90 Å². The minimum Gasteiger partial charge on any atom is -0.478 e. The molecule has 1 N–H and O–H groups in total. The van der Waals surface area contributed by atoms with E-state index in [0.29, 0.717) is 11.6 Å². The summed E-state index contributed by atoms with van der Waals surface area (Å²) in [7, 11) is 0. The topological polar surface area (TPSA) is 80.9 Å².